The third kappa shape index (κ3) is 4.72. The molecule has 1 aliphatic rings. The van der Waals surface area contributed by atoms with Crippen LogP contribution in [0.3, 0.4) is 0 Å². The van der Waals surface area contributed by atoms with E-state index in [1.54, 1.807) is 35.6 Å². The van der Waals surface area contributed by atoms with Crippen molar-refractivity contribution in [3.05, 3.63) is 51.7 Å². The van der Waals surface area contributed by atoms with E-state index >= 15 is 0 Å². The Hall–Kier alpha value is -1.56. The molecule has 2 aromatic rings. The predicted octanol–water partition coefficient (Wildman–Crippen LogP) is 3.73. The number of benzene rings is 1. The van der Waals surface area contributed by atoms with E-state index in [4.69, 9.17) is 16.3 Å². The van der Waals surface area contributed by atoms with Gasteiger partial charge in [-0.1, -0.05) is 23.7 Å². The number of likely N-dealkylation sites (tertiary alicyclic amines) is 1. The normalized spacial score (nSPS) is 16.0. The van der Waals surface area contributed by atoms with E-state index < -0.39 is 0 Å². The zero-order valence-electron chi connectivity index (χ0n) is 13.4. The molecule has 1 atom stereocenters. The molecule has 1 aromatic carbocycles. The molecule has 0 aliphatic carbocycles. The summed E-state index contributed by atoms with van der Waals surface area (Å²) < 4.78 is 5.49. The Morgan fingerprint density at radius 1 is 1.29 bits per heavy atom. The average Bonchev–Trinajstić information content (AvgIpc) is 3.27. The lowest BCUT2D eigenvalue weighted by atomic mass is 10.2. The maximum absolute atomic E-state index is 12.1. The van der Waals surface area contributed by atoms with Crippen molar-refractivity contribution in [2.24, 2.45) is 0 Å². The molecular formula is C18H21ClN2O2S. The molecule has 0 unspecified atom stereocenters. The minimum Gasteiger partial charge on any atom is -0.484 e. The summed E-state index contributed by atoms with van der Waals surface area (Å²) in [6, 6.07) is 11.5. The molecule has 1 aromatic heterocycles. The standard InChI is InChI=1S/C18H21ClN2O2S/c19-14-5-3-6-15(11-14)23-13-18(22)20-12-16(17-7-4-10-24-17)21-8-1-2-9-21/h3-7,10-11,16H,1-2,8-9,12-13H2,(H,20,22)/t16-/m0/s1. The van der Waals surface area contributed by atoms with Crippen LogP contribution >= 0.6 is 22.9 Å². The first-order valence-corrected chi connectivity index (χ1v) is 9.40. The van der Waals surface area contributed by atoms with Gasteiger partial charge < -0.3 is 10.1 Å². The number of thiophene rings is 1. The minimum absolute atomic E-state index is 0.00248. The SMILES string of the molecule is O=C(COc1cccc(Cl)c1)NC[C@@H](c1cccs1)N1CCCC1. The summed E-state index contributed by atoms with van der Waals surface area (Å²) >= 11 is 7.65. The molecule has 1 saturated heterocycles. The lowest BCUT2D eigenvalue weighted by Gasteiger charge is -2.26. The van der Waals surface area contributed by atoms with Crippen LogP contribution in [-0.2, 0) is 4.79 Å². The van der Waals surface area contributed by atoms with Gasteiger partial charge in [0.15, 0.2) is 6.61 Å². The molecule has 0 saturated carbocycles. The number of ether oxygens (including phenoxy) is 1. The monoisotopic (exact) mass is 364 g/mol. The predicted molar refractivity (Wildman–Crippen MR) is 97.8 cm³/mol. The molecule has 4 nitrogen and oxygen atoms in total. The summed E-state index contributed by atoms with van der Waals surface area (Å²) in [5.41, 5.74) is 0. The van der Waals surface area contributed by atoms with E-state index in [0.717, 1.165) is 13.1 Å². The zero-order valence-corrected chi connectivity index (χ0v) is 15.0. The smallest absolute Gasteiger partial charge is 0.258 e. The summed E-state index contributed by atoms with van der Waals surface area (Å²) in [4.78, 5) is 15.9. The van der Waals surface area contributed by atoms with Gasteiger partial charge in [-0.15, -0.1) is 11.3 Å². The van der Waals surface area contributed by atoms with Crippen LogP contribution < -0.4 is 10.1 Å². The van der Waals surface area contributed by atoms with Gasteiger partial charge in [0.05, 0.1) is 6.04 Å². The van der Waals surface area contributed by atoms with E-state index in [0.29, 0.717) is 17.3 Å². The van der Waals surface area contributed by atoms with Crippen LogP contribution in [0, 0.1) is 0 Å². The Balaban J connectivity index is 1.51. The summed E-state index contributed by atoms with van der Waals surface area (Å²) in [6.07, 6.45) is 2.46. The average molecular weight is 365 g/mol. The van der Waals surface area contributed by atoms with Crippen LogP contribution in [-0.4, -0.2) is 37.0 Å². The summed E-state index contributed by atoms with van der Waals surface area (Å²) in [5.74, 6) is 0.489. The highest BCUT2D eigenvalue weighted by Gasteiger charge is 2.24. The number of nitrogens with zero attached hydrogens (tertiary/aromatic N) is 1. The quantitative estimate of drug-likeness (QED) is 0.813. The van der Waals surface area contributed by atoms with Crippen molar-refractivity contribution in [2.45, 2.75) is 18.9 Å². The second-order valence-electron chi connectivity index (χ2n) is 5.82. The molecule has 6 heteroatoms. The lowest BCUT2D eigenvalue weighted by molar-refractivity contribution is -0.123. The molecule has 1 fully saturated rings. The molecule has 128 valence electrons. The van der Waals surface area contributed by atoms with Crippen molar-refractivity contribution < 1.29 is 9.53 Å². The fourth-order valence-corrected chi connectivity index (χ4v) is 3.95. The van der Waals surface area contributed by atoms with Crippen molar-refractivity contribution in [1.82, 2.24) is 10.2 Å². The Labute approximate surface area is 151 Å². The highest BCUT2D eigenvalue weighted by molar-refractivity contribution is 7.10. The summed E-state index contributed by atoms with van der Waals surface area (Å²) in [7, 11) is 0. The van der Waals surface area contributed by atoms with Crippen molar-refractivity contribution in [1.29, 1.82) is 0 Å². The number of amides is 1. The van der Waals surface area contributed by atoms with Gasteiger partial charge in [-0.25, -0.2) is 0 Å². The van der Waals surface area contributed by atoms with Gasteiger partial charge in [-0.2, -0.15) is 0 Å². The Bertz CT molecular complexity index is 657. The van der Waals surface area contributed by atoms with Gasteiger partial charge >= 0.3 is 0 Å². The summed E-state index contributed by atoms with van der Waals surface area (Å²) in [6.45, 7) is 2.80. The Morgan fingerprint density at radius 2 is 2.12 bits per heavy atom. The molecule has 0 radical (unpaired) electrons. The van der Waals surface area contributed by atoms with E-state index in [1.807, 2.05) is 0 Å². The number of carbonyl (C=O) groups excluding carboxylic acids is 1. The zero-order chi connectivity index (χ0) is 16.8. The lowest BCUT2D eigenvalue weighted by Crippen LogP contribution is -2.38. The third-order valence-electron chi connectivity index (χ3n) is 4.11. The maximum Gasteiger partial charge on any atom is 0.258 e. The first-order valence-electron chi connectivity index (χ1n) is 8.15. The molecule has 0 spiro atoms. The van der Waals surface area contributed by atoms with Crippen LogP contribution in [0.1, 0.15) is 23.8 Å². The molecular weight excluding hydrogens is 344 g/mol. The van der Waals surface area contributed by atoms with Gasteiger partial charge in [0, 0.05) is 16.4 Å². The van der Waals surface area contributed by atoms with E-state index in [2.05, 4.69) is 27.7 Å². The fourth-order valence-electron chi connectivity index (χ4n) is 2.91. The van der Waals surface area contributed by atoms with Gasteiger partial charge in [-0.3, -0.25) is 9.69 Å². The number of rotatable bonds is 7. The van der Waals surface area contributed by atoms with Crippen LogP contribution in [0.15, 0.2) is 41.8 Å². The topological polar surface area (TPSA) is 41.6 Å². The van der Waals surface area contributed by atoms with Gasteiger partial charge in [0.2, 0.25) is 0 Å². The van der Waals surface area contributed by atoms with E-state index in [-0.39, 0.29) is 18.6 Å². The van der Waals surface area contributed by atoms with Gasteiger partial charge in [-0.05, 0) is 55.6 Å². The number of halogens is 1. The van der Waals surface area contributed by atoms with Crippen molar-refractivity contribution in [3.63, 3.8) is 0 Å². The molecule has 3 rings (SSSR count). The van der Waals surface area contributed by atoms with Crippen LogP contribution in [0.4, 0.5) is 0 Å². The third-order valence-corrected chi connectivity index (χ3v) is 5.32. The molecule has 24 heavy (non-hydrogen) atoms. The first-order chi connectivity index (χ1) is 11.7. The summed E-state index contributed by atoms with van der Waals surface area (Å²) in [5, 5.41) is 5.68. The number of carbonyl (C=O) groups is 1. The van der Waals surface area contributed by atoms with Gasteiger partial charge in [0.25, 0.3) is 5.91 Å². The van der Waals surface area contributed by atoms with E-state index in [1.165, 1.54) is 17.7 Å². The fraction of sp³-hybridized carbons (Fsp3) is 0.389. The Morgan fingerprint density at radius 3 is 2.83 bits per heavy atom. The second kappa shape index (κ2) is 8.51. The number of hydrogen-bond donors (Lipinski definition) is 1. The minimum atomic E-state index is -0.115. The second-order valence-corrected chi connectivity index (χ2v) is 7.24. The van der Waals surface area contributed by atoms with Crippen LogP contribution in [0.2, 0.25) is 5.02 Å². The van der Waals surface area contributed by atoms with Crippen molar-refractivity contribution in [2.75, 3.05) is 26.2 Å². The van der Waals surface area contributed by atoms with Crippen molar-refractivity contribution >= 4 is 28.8 Å². The van der Waals surface area contributed by atoms with Gasteiger partial charge in [0.1, 0.15) is 5.75 Å². The van der Waals surface area contributed by atoms with E-state index in [9.17, 15) is 4.79 Å². The molecule has 1 N–H and O–H groups in total. The highest BCUT2D eigenvalue weighted by atomic mass is 35.5. The highest BCUT2D eigenvalue weighted by Crippen LogP contribution is 2.27. The first kappa shape index (κ1) is 17.3. The largest absolute Gasteiger partial charge is 0.484 e. The molecule has 2 heterocycles. The number of nitrogens with one attached hydrogen (secondary N) is 1. The number of hydrogen-bond acceptors (Lipinski definition) is 4. The molecule has 0 bridgehead atoms. The van der Waals surface area contributed by atoms with Crippen LogP contribution in [0.25, 0.3) is 0 Å². The molecule has 1 aliphatic heterocycles. The maximum atomic E-state index is 12.1. The Kier molecular flexibility index (Phi) is 6.12. The van der Waals surface area contributed by atoms with Crippen LogP contribution in [0.5, 0.6) is 5.75 Å². The molecule has 1 amide bonds. The van der Waals surface area contributed by atoms with Crippen molar-refractivity contribution in [3.8, 4) is 5.75 Å².